The number of ether oxygens (including phenoxy) is 2. The second-order valence-electron chi connectivity index (χ2n) is 4.65. The van der Waals surface area contributed by atoms with Crippen LogP contribution in [0.15, 0.2) is 46.9 Å². The number of methoxy groups -OCH3 is 1. The van der Waals surface area contributed by atoms with Gasteiger partial charge in [0.1, 0.15) is 11.5 Å². The third kappa shape index (κ3) is 4.39. The molecule has 0 fully saturated rings. The molecule has 0 aliphatic carbocycles. The van der Waals surface area contributed by atoms with Crippen LogP contribution in [0.3, 0.4) is 0 Å². The van der Waals surface area contributed by atoms with Crippen LogP contribution in [-0.4, -0.2) is 13.7 Å². The van der Waals surface area contributed by atoms with E-state index in [-0.39, 0.29) is 0 Å². The highest BCUT2D eigenvalue weighted by molar-refractivity contribution is 9.10. The summed E-state index contributed by atoms with van der Waals surface area (Å²) >= 11 is 3.51. The van der Waals surface area contributed by atoms with Crippen LogP contribution in [-0.2, 0) is 6.54 Å². The predicted octanol–water partition coefficient (Wildman–Crippen LogP) is 4.86. The predicted molar refractivity (Wildman–Crippen MR) is 90.2 cm³/mol. The monoisotopic (exact) mass is 349 g/mol. The Balaban J connectivity index is 2.13. The van der Waals surface area contributed by atoms with Crippen molar-refractivity contribution >= 4 is 21.6 Å². The van der Waals surface area contributed by atoms with Crippen LogP contribution < -0.4 is 14.8 Å². The lowest BCUT2D eigenvalue weighted by atomic mass is 10.2. The van der Waals surface area contributed by atoms with E-state index in [1.165, 1.54) is 0 Å². The summed E-state index contributed by atoms with van der Waals surface area (Å²) in [6.07, 6.45) is 0.995. The van der Waals surface area contributed by atoms with Crippen molar-refractivity contribution in [2.75, 3.05) is 19.0 Å². The number of hydrogen-bond donors (Lipinski definition) is 1. The summed E-state index contributed by atoms with van der Waals surface area (Å²) in [5, 5.41) is 3.40. The lowest BCUT2D eigenvalue weighted by Crippen LogP contribution is -2.05. The van der Waals surface area contributed by atoms with Crippen LogP contribution in [0.25, 0.3) is 0 Å². The van der Waals surface area contributed by atoms with Crippen molar-refractivity contribution in [2.24, 2.45) is 0 Å². The van der Waals surface area contributed by atoms with Gasteiger partial charge in [-0.3, -0.25) is 0 Å². The molecule has 0 amide bonds. The van der Waals surface area contributed by atoms with Crippen molar-refractivity contribution in [2.45, 2.75) is 19.9 Å². The zero-order valence-corrected chi connectivity index (χ0v) is 13.9. The van der Waals surface area contributed by atoms with Gasteiger partial charge in [0, 0.05) is 16.6 Å². The maximum atomic E-state index is 5.79. The first-order valence-electron chi connectivity index (χ1n) is 7.02. The van der Waals surface area contributed by atoms with Gasteiger partial charge in [0.15, 0.2) is 0 Å². The van der Waals surface area contributed by atoms with Crippen molar-refractivity contribution in [3.8, 4) is 11.5 Å². The van der Waals surface area contributed by atoms with E-state index >= 15 is 0 Å². The highest BCUT2D eigenvalue weighted by Gasteiger charge is 2.06. The van der Waals surface area contributed by atoms with E-state index in [0.717, 1.165) is 40.3 Å². The minimum atomic E-state index is 0.679. The molecule has 1 N–H and O–H groups in total. The average molecular weight is 350 g/mol. The van der Waals surface area contributed by atoms with Gasteiger partial charge in [0.05, 0.1) is 19.4 Å². The number of nitrogens with one attached hydrogen (secondary N) is 1. The summed E-state index contributed by atoms with van der Waals surface area (Å²) in [5.41, 5.74) is 2.09. The molecule has 112 valence electrons. The first kappa shape index (κ1) is 15.7. The normalized spacial score (nSPS) is 10.2. The van der Waals surface area contributed by atoms with Gasteiger partial charge in [0.25, 0.3) is 0 Å². The second kappa shape index (κ2) is 7.93. The molecule has 0 saturated carbocycles. The molecule has 2 aromatic carbocycles. The highest BCUT2D eigenvalue weighted by atomic mass is 79.9. The van der Waals surface area contributed by atoms with Crippen molar-refractivity contribution in [3.63, 3.8) is 0 Å². The lowest BCUT2D eigenvalue weighted by molar-refractivity contribution is 0.314. The summed E-state index contributed by atoms with van der Waals surface area (Å²) in [5.74, 6) is 1.76. The molecule has 2 rings (SSSR count). The molecule has 0 bridgehead atoms. The van der Waals surface area contributed by atoms with Crippen molar-refractivity contribution in [1.82, 2.24) is 0 Å². The third-order valence-electron chi connectivity index (χ3n) is 3.06. The summed E-state index contributed by atoms with van der Waals surface area (Å²) in [4.78, 5) is 0. The van der Waals surface area contributed by atoms with Crippen LogP contribution in [0.5, 0.6) is 11.5 Å². The first-order chi connectivity index (χ1) is 10.2. The Morgan fingerprint density at radius 2 is 1.90 bits per heavy atom. The van der Waals surface area contributed by atoms with Gasteiger partial charge in [-0.05, 0) is 36.8 Å². The molecular weight excluding hydrogens is 330 g/mol. The summed E-state index contributed by atoms with van der Waals surface area (Å²) < 4.78 is 12.2. The molecule has 3 nitrogen and oxygen atoms in total. The molecule has 0 aliphatic rings. The van der Waals surface area contributed by atoms with Gasteiger partial charge in [-0.1, -0.05) is 35.0 Å². The fourth-order valence-electron chi connectivity index (χ4n) is 2.02. The quantitative estimate of drug-likeness (QED) is 0.774. The molecule has 0 saturated heterocycles. The Morgan fingerprint density at radius 1 is 1.10 bits per heavy atom. The Labute approximate surface area is 134 Å². The molecule has 0 unspecified atom stereocenters. The van der Waals surface area contributed by atoms with E-state index < -0.39 is 0 Å². The maximum Gasteiger partial charge on any atom is 0.141 e. The van der Waals surface area contributed by atoms with Gasteiger partial charge >= 0.3 is 0 Å². The fraction of sp³-hybridized carbons (Fsp3) is 0.294. The molecule has 4 heteroatoms. The largest absolute Gasteiger partial charge is 0.495 e. The number of rotatable bonds is 7. The molecule has 0 radical (unpaired) electrons. The summed E-state index contributed by atoms with van der Waals surface area (Å²) in [6, 6.07) is 14.0. The molecule has 0 atom stereocenters. The van der Waals surface area contributed by atoms with Gasteiger partial charge in [-0.15, -0.1) is 0 Å². The first-order valence-corrected chi connectivity index (χ1v) is 7.82. The van der Waals surface area contributed by atoms with E-state index in [0.29, 0.717) is 6.54 Å². The molecule has 21 heavy (non-hydrogen) atoms. The summed E-state index contributed by atoms with van der Waals surface area (Å²) in [6.45, 7) is 3.51. The molecular formula is C17H20BrNO2. The highest BCUT2D eigenvalue weighted by Crippen LogP contribution is 2.27. The minimum Gasteiger partial charge on any atom is -0.495 e. The molecule has 0 heterocycles. The maximum absolute atomic E-state index is 5.79. The Kier molecular flexibility index (Phi) is 5.93. The Bertz CT molecular complexity index is 587. The molecule has 2 aromatic rings. The average Bonchev–Trinajstić information content (AvgIpc) is 2.52. The van der Waals surface area contributed by atoms with Crippen molar-refractivity contribution in [1.29, 1.82) is 0 Å². The third-order valence-corrected chi connectivity index (χ3v) is 3.55. The van der Waals surface area contributed by atoms with Crippen LogP contribution in [0.2, 0.25) is 0 Å². The van der Waals surface area contributed by atoms with Crippen LogP contribution >= 0.6 is 15.9 Å². The number of para-hydroxylation sites is 2. The second-order valence-corrected chi connectivity index (χ2v) is 5.57. The molecule has 0 spiro atoms. The standard InChI is InChI=1S/C17H20BrNO2/c1-3-10-21-16-9-8-14(18)11-13(16)12-19-15-6-4-5-7-17(15)20-2/h4-9,11,19H,3,10,12H2,1-2H3. The number of benzene rings is 2. The van der Waals surface area contributed by atoms with Crippen molar-refractivity contribution in [3.05, 3.63) is 52.5 Å². The van der Waals surface area contributed by atoms with Gasteiger partial charge in [-0.2, -0.15) is 0 Å². The molecule has 0 aromatic heterocycles. The number of anilines is 1. The van der Waals surface area contributed by atoms with Crippen molar-refractivity contribution < 1.29 is 9.47 Å². The van der Waals surface area contributed by atoms with Gasteiger partial charge in [0.2, 0.25) is 0 Å². The van der Waals surface area contributed by atoms with E-state index in [9.17, 15) is 0 Å². The SMILES string of the molecule is CCCOc1ccc(Br)cc1CNc1ccccc1OC. The van der Waals surface area contributed by atoms with E-state index in [2.05, 4.69) is 34.2 Å². The van der Waals surface area contributed by atoms with E-state index in [4.69, 9.17) is 9.47 Å². The fourth-order valence-corrected chi connectivity index (χ4v) is 2.43. The smallest absolute Gasteiger partial charge is 0.141 e. The zero-order valence-electron chi connectivity index (χ0n) is 12.4. The Hall–Kier alpha value is -1.68. The summed E-state index contributed by atoms with van der Waals surface area (Å²) in [7, 11) is 1.68. The minimum absolute atomic E-state index is 0.679. The number of hydrogen-bond acceptors (Lipinski definition) is 3. The Morgan fingerprint density at radius 3 is 2.67 bits per heavy atom. The lowest BCUT2D eigenvalue weighted by Gasteiger charge is -2.14. The number of halogens is 1. The van der Waals surface area contributed by atoms with Crippen LogP contribution in [0.1, 0.15) is 18.9 Å². The van der Waals surface area contributed by atoms with Crippen LogP contribution in [0.4, 0.5) is 5.69 Å². The molecule has 0 aliphatic heterocycles. The van der Waals surface area contributed by atoms with E-state index in [1.807, 2.05) is 36.4 Å². The van der Waals surface area contributed by atoms with Crippen LogP contribution in [0, 0.1) is 0 Å². The van der Waals surface area contributed by atoms with Gasteiger partial charge < -0.3 is 14.8 Å². The zero-order chi connectivity index (χ0) is 15.1. The van der Waals surface area contributed by atoms with Gasteiger partial charge in [-0.25, -0.2) is 0 Å². The van der Waals surface area contributed by atoms with E-state index in [1.54, 1.807) is 7.11 Å². The topological polar surface area (TPSA) is 30.5 Å².